The average molecular weight is 383 g/mol. The highest BCUT2D eigenvalue weighted by Crippen LogP contribution is 2.37. The molecule has 0 amide bonds. The standard InChI is InChI=1S/C24H34N2O2/c1-17(2)18-7-9-19(10-8-18)24-21-16-23(28-14-6-13-26(3)4)22(27-5)15-20(21)11-12-25-24/h7-10,15-17,24-25H,6,11-14H2,1-5H3. The predicted octanol–water partition coefficient (Wildman–Crippen LogP) is 4.38. The van der Waals surface area contributed by atoms with Crippen molar-refractivity contribution in [3.8, 4) is 11.5 Å². The number of hydrogen-bond acceptors (Lipinski definition) is 4. The zero-order valence-electron chi connectivity index (χ0n) is 17.9. The molecule has 1 aliphatic rings. The molecule has 1 unspecified atom stereocenters. The Morgan fingerprint density at radius 2 is 1.86 bits per heavy atom. The number of methoxy groups -OCH3 is 1. The summed E-state index contributed by atoms with van der Waals surface area (Å²) in [5.41, 5.74) is 5.31. The molecule has 0 fully saturated rings. The first kappa shape index (κ1) is 20.7. The van der Waals surface area contributed by atoms with Crippen LogP contribution in [0.25, 0.3) is 0 Å². The summed E-state index contributed by atoms with van der Waals surface area (Å²) in [7, 11) is 5.89. The lowest BCUT2D eigenvalue weighted by atomic mass is 9.88. The fourth-order valence-electron chi connectivity index (χ4n) is 3.77. The van der Waals surface area contributed by atoms with Gasteiger partial charge in [0.05, 0.1) is 19.8 Å². The van der Waals surface area contributed by atoms with Crippen molar-refractivity contribution in [2.24, 2.45) is 0 Å². The molecular weight excluding hydrogens is 348 g/mol. The van der Waals surface area contributed by atoms with Gasteiger partial charge in [0, 0.05) is 13.1 Å². The van der Waals surface area contributed by atoms with E-state index >= 15 is 0 Å². The Morgan fingerprint density at radius 3 is 2.50 bits per heavy atom. The number of nitrogens with zero attached hydrogens (tertiary/aromatic N) is 1. The van der Waals surface area contributed by atoms with Crippen LogP contribution < -0.4 is 14.8 Å². The molecule has 1 aliphatic heterocycles. The van der Waals surface area contributed by atoms with Gasteiger partial charge in [-0.3, -0.25) is 0 Å². The second kappa shape index (κ2) is 9.44. The van der Waals surface area contributed by atoms with Crippen molar-refractivity contribution >= 4 is 0 Å². The number of benzene rings is 2. The lowest BCUT2D eigenvalue weighted by molar-refractivity contribution is 0.267. The Morgan fingerprint density at radius 1 is 1.11 bits per heavy atom. The minimum absolute atomic E-state index is 0.194. The van der Waals surface area contributed by atoms with E-state index in [9.17, 15) is 0 Å². The second-order valence-electron chi connectivity index (χ2n) is 8.17. The Bertz CT molecular complexity index is 769. The molecule has 2 aromatic carbocycles. The number of rotatable bonds is 8. The van der Waals surface area contributed by atoms with E-state index in [1.54, 1.807) is 7.11 Å². The highest BCUT2D eigenvalue weighted by molar-refractivity contribution is 5.51. The third kappa shape index (κ3) is 4.86. The summed E-state index contributed by atoms with van der Waals surface area (Å²) < 4.78 is 11.7. The summed E-state index contributed by atoms with van der Waals surface area (Å²) in [6, 6.07) is 13.5. The van der Waals surface area contributed by atoms with Crippen molar-refractivity contribution < 1.29 is 9.47 Å². The zero-order chi connectivity index (χ0) is 20.1. The van der Waals surface area contributed by atoms with Crippen LogP contribution in [0, 0.1) is 0 Å². The van der Waals surface area contributed by atoms with Crippen molar-refractivity contribution in [3.63, 3.8) is 0 Å². The van der Waals surface area contributed by atoms with E-state index in [-0.39, 0.29) is 6.04 Å². The molecule has 0 saturated heterocycles. The lowest BCUT2D eigenvalue weighted by Crippen LogP contribution is -2.30. The average Bonchev–Trinajstić information content (AvgIpc) is 2.70. The van der Waals surface area contributed by atoms with Crippen LogP contribution in [0.3, 0.4) is 0 Å². The summed E-state index contributed by atoms with van der Waals surface area (Å²) in [5.74, 6) is 2.22. The molecular formula is C24H34N2O2. The molecule has 1 heterocycles. The molecule has 1 N–H and O–H groups in total. The van der Waals surface area contributed by atoms with Crippen LogP contribution in [0.5, 0.6) is 11.5 Å². The Hall–Kier alpha value is -2.04. The van der Waals surface area contributed by atoms with Gasteiger partial charge in [-0.05, 0) is 67.2 Å². The summed E-state index contributed by atoms with van der Waals surface area (Å²) in [6.45, 7) is 7.13. The molecule has 0 aliphatic carbocycles. The SMILES string of the molecule is COc1cc2c(cc1OCCCN(C)C)C(c1ccc(C(C)C)cc1)NCC2. The Labute approximate surface area is 169 Å². The van der Waals surface area contributed by atoms with Gasteiger partial charge < -0.3 is 19.7 Å². The molecule has 0 saturated carbocycles. The van der Waals surface area contributed by atoms with Crippen molar-refractivity contribution in [2.45, 2.75) is 38.6 Å². The number of fused-ring (bicyclic) bond motifs is 1. The maximum absolute atomic E-state index is 6.10. The van der Waals surface area contributed by atoms with Crippen molar-refractivity contribution in [2.75, 3.05) is 40.9 Å². The number of ether oxygens (including phenoxy) is 2. The van der Waals surface area contributed by atoms with Gasteiger partial charge in [0.1, 0.15) is 0 Å². The molecule has 0 radical (unpaired) electrons. The lowest BCUT2D eigenvalue weighted by Gasteiger charge is -2.29. The van der Waals surface area contributed by atoms with Crippen molar-refractivity contribution in [1.82, 2.24) is 10.2 Å². The van der Waals surface area contributed by atoms with Crippen LogP contribution in [0.15, 0.2) is 36.4 Å². The van der Waals surface area contributed by atoms with E-state index in [2.05, 4.69) is 74.6 Å². The first-order valence-electron chi connectivity index (χ1n) is 10.3. The summed E-state index contributed by atoms with van der Waals surface area (Å²) >= 11 is 0. The molecule has 0 bridgehead atoms. The molecule has 0 spiro atoms. The van der Waals surface area contributed by atoms with Gasteiger partial charge >= 0.3 is 0 Å². The van der Waals surface area contributed by atoms with Crippen molar-refractivity contribution in [3.05, 3.63) is 58.7 Å². The third-order valence-electron chi connectivity index (χ3n) is 5.42. The first-order valence-corrected chi connectivity index (χ1v) is 10.3. The number of nitrogens with one attached hydrogen (secondary N) is 1. The maximum atomic E-state index is 6.10. The van der Waals surface area contributed by atoms with E-state index < -0.39 is 0 Å². The molecule has 2 aromatic rings. The highest BCUT2D eigenvalue weighted by atomic mass is 16.5. The monoisotopic (exact) mass is 382 g/mol. The topological polar surface area (TPSA) is 33.7 Å². The molecule has 1 atom stereocenters. The van der Waals surface area contributed by atoms with Crippen molar-refractivity contribution in [1.29, 1.82) is 0 Å². The predicted molar refractivity (Wildman–Crippen MR) is 116 cm³/mol. The van der Waals surface area contributed by atoms with Crippen LogP contribution in [0.2, 0.25) is 0 Å². The minimum Gasteiger partial charge on any atom is -0.493 e. The first-order chi connectivity index (χ1) is 13.5. The van der Waals surface area contributed by atoms with Crippen LogP contribution in [0.4, 0.5) is 0 Å². The quantitative estimate of drug-likeness (QED) is 0.687. The summed E-state index contributed by atoms with van der Waals surface area (Å²) in [6.07, 6.45) is 2.00. The van der Waals surface area contributed by atoms with E-state index in [0.717, 1.165) is 37.4 Å². The summed E-state index contributed by atoms with van der Waals surface area (Å²) in [5, 5.41) is 3.68. The van der Waals surface area contributed by atoms with E-state index in [4.69, 9.17) is 9.47 Å². The molecule has 0 aromatic heterocycles. The minimum atomic E-state index is 0.194. The Balaban J connectivity index is 1.85. The van der Waals surface area contributed by atoms with E-state index in [1.807, 2.05) is 0 Å². The maximum Gasteiger partial charge on any atom is 0.161 e. The third-order valence-corrected chi connectivity index (χ3v) is 5.42. The van der Waals surface area contributed by atoms with Crippen LogP contribution in [-0.4, -0.2) is 45.8 Å². The highest BCUT2D eigenvalue weighted by Gasteiger charge is 2.24. The van der Waals surface area contributed by atoms with Crippen LogP contribution in [-0.2, 0) is 6.42 Å². The molecule has 4 nitrogen and oxygen atoms in total. The van der Waals surface area contributed by atoms with E-state index in [0.29, 0.717) is 12.5 Å². The number of hydrogen-bond donors (Lipinski definition) is 1. The fraction of sp³-hybridized carbons (Fsp3) is 0.500. The molecule has 28 heavy (non-hydrogen) atoms. The van der Waals surface area contributed by atoms with Gasteiger partial charge in [-0.2, -0.15) is 0 Å². The molecule has 3 rings (SSSR count). The summed E-state index contributed by atoms with van der Waals surface area (Å²) in [4.78, 5) is 2.17. The van der Waals surface area contributed by atoms with Gasteiger partial charge in [-0.15, -0.1) is 0 Å². The fourth-order valence-corrected chi connectivity index (χ4v) is 3.77. The Kier molecular flexibility index (Phi) is 6.97. The van der Waals surface area contributed by atoms with Crippen LogP contribution in [0.1, 0.15) is 54.5 Å². The normalized spacial score (nSPS) is 16.3. The second-order valence-corrected chi connectivity index (χ2v) is 8.17. The van der Waals surface area contributed by atoms with Gasteiger partial charge in [-0.1, -0.05) is 38.1 Å². The van der Waals surface area contributed by atoms with Gasteiger partial charge in [-0.25, -0.2) is 0 Å². The molecule has 152 valence electrons. The smallest absolute Gasteiger partial charge is 0.161 e. The van der Waals surface area contributed by atoms with Gasteiger partial charge in [0.25, 0.3) is 0 Å². The zero-order valence-corrected chi connectivity index (χ0v) is 17.9. The van der Waals surface area contributed by atoms with Gasteiger partial charge in [0.15, 0.2) is 11.5 Å². The van der Waals surface area contributed by atoms with Crippen LogP contribution >= 0.6 is 0 Å². The molecule has 4 heteroatoms. The largest absolute Gasteiger partial charge is 0.493 e. The van der Waals surface area contributed by atoms with Gasteiger partial charge in [0.2, 0.25) is 0 Å². The van der Waals surface area contributed by atoms with E-state index in [1.165, 1.54) is 22.3 Å².